The lowest BCUT2D eigenvalue weighted by Gasteiger charge is -2.22. The Labute approximate surface area is 116 Å². The molecule has 1 unspecified atom stereocenters. The van der Waals surface area contributed by atoms with Crippen LogP contribution < -0.4 is 0 Å². The predicted octanol–water partition coefficient (Wildman–Crippen LogP) is 3.47. The van der Waals surface area contributed by atoms with Crippen LogP contribution in [0.1, 0.15) is 11.1 Å². The van der Waals surface area contributed by atoms with Crippen molar-refractivity contribution in [2.45, 2.75) is 12.0 Å². The van der Waals surface area contributed by atoms with Crippen LogP contribution in [0.5, 0.6) is 0 Å². The summed E-state index contributed by atoms with van der Waals surface area (Å²) in [6.45, 7) is 0. The Morgan fingerprint density at radius 3 is 2.06 bits per heavy atom. The smallest absolute Gasteiger partial charge is 0.155 e. The first-order chi connectivity index (χ1) is 8.74. The zero-order valence-electron chi connectivity index (χ0n) is 9.81. The Morgan fingerprint density at radius 1 is 0.944 bits per heavy atom. The molecule has 0 amide bonds. The fraction of sp³-hybridized carbons (Fsp3) is 0.125. The standard InChI is InChI=1S/C16H13BrO/c17-12-11-16(18,15-9-5-2-6-10-15)13-14-7-3-1-4-8-14/h1-10,18H,13H2. The van der Waals surface area contributed by atoms with Gasteiger partial charge >= 0.3 is 0 Å². The molecule has 0 saturated carbocycles. The molecule has 0 saturated heterocycles. The molecule has 2 heteroatoms. The lowest BCUT2D eigenvalue weighted by atomic mass is 9.88. The summed E-state index contributed by atoms with van der Waals surface area (Å²) in [6, 6.07) is 19.4. The van der Waals surface area contributed by atoms with Crippen molar-refractivity contribution >= 4 is 15.9 Å². The molecule has 0 aromatic heterocycles. The predicted molar refractivity (Wildman–Crippen MR) is 77.2 cm³/mol. The maximum Gasteiger partial charge on any atom is 0.155 e. The van der Waals surface area contributed by atoms with Crippen molar-refractivity contribution in [3.8, 4) is 10.8 Å². The van der Waals surface area contributed by atoms with Crippen LogP contribution in [-0.4, -0.2) is 5.11 Å². The van der Waals surface area contributed by atoms with Gasteiger partial charge < -0.3 is 5.11 Å². The molecular weight excluding hydrogens is 288 g/mol. The summed E-state index contributed by atoms with van der Waals surface area (Å²) in [5.41, 5.74) is 0.700. The van der Waals surface area contributed by atoms with Gasteiger partial charge in [0.1, 0.15) is 0 Å². The van der Waals surface area contributed by atoms with Crippen molar-refractivity contribution in [2.75, 3.05) is 0 Å². The van der Waals surface area contributed by atoms with Crippen LogP contribution in [0.25, 0.3) is 0 Å². The molecule has 2 aromatic carbocycles. The molecule has 0 heterocycles. The van der Waals surface area contributed by atoms with Crippen molar-refractivity contribution in [3.63, 3.8) is 0 Å². The van der Waals surface area contributed by atoms with E-state index >= 15 is 0 Å². The van der Waals surface area contributed by atoms with Crippen molar-refractivity contribution in [2.24, 2.45) is 0 Å². The van der Waals surface area contributed by atoms with Crippen LogP contribution in [-0.2, 0) is 12.0 Å². The third-order valence-electron chi connectivity index (χ3n) is 2.81. The van der Waals surface area contributed by atoms with E-state index in [0.29, 0.717) is 6.42 Å². The Balaban J connectivity index is 2.36. The van der Waals surface area contributed by atoms with Gasteiger partial charge in [-0.25, -0.2) is 0 Å². The fourth-order valence-electron chi connectivity index (χ4n) is 1.90. The Bertz CT molecular complexity index is 554. The van der Waals surface area contributed by atoms with Gasteiger partial charge in [-0.3, -0.25) is 0 Å². The largest absolute Gasteiger partial charge is 0.373 e. The lowest BCUT2D eigenvalue weighted by molar-refractivity contribution is 0.101. The van der Waals surface area contributed by atoms with E-state index in [-0.39, 0.29) is 0 Å². The van der Waals surface area contributed by atoms with Crippen LogP contribution in [0, 0.1) is 10.8 Å². The molecule has 18 heavy (non-hydrogen) atoms. The van der Waals surface area contributed by atoms with Gasteiger partial charge in [-0.15, -0.1) is 0 Å². The first-order valence-electron chi connectivity index (χ1n) is 5.69. The normalized spacial score (nSPS) is 13.2. The van der Waals surface area contributed by atoms with Gasteiger partial charge in [-0.1, -0.05) is 66.6 Å². The SMILES string of the molecule is OC(C#CBr)(Cc1ccccc1)c1ccccc1. The number of halogens is 1. The summed E-state index contributed by atoms with van der Waals surface area (Å²) in [5, 5.41) is 10.7. The van der Waals surface area contributed by atoms with Crippen molar-refractivity contribution in [1.82, 2.24) is 0 Å². The van der Waals surface area contributed by atoms with E-state index in [2.05, 4.69) is 26.7 Å². The van der Waals surface area contributed by atoms with E-state index in [1.807, 2.05) is 60.7 Å². The Hall–Kier alpha value is -1.56. The molecule has 0 aliphatic carbocycles. The second-order valence-corrected chi connectivity index (χ2v) is 4.50. The van der Waals surface area contributed by atoms with E-state index in [1.165, 1.54) is 0 Å². The average molecular weight is 301 g/mol. The van der Waals surface area contributed by atoms with Gasteiger partial charge in [0.2, 0.25) is 0 Å². The van der Waals surface area contributed by atoms with E-state index < -0.39 is 5.60 Å². The van der Waals surface area contributed by atoms with E-state index in [4.69, 9.17) is 0 Å². The minimum absolute atomic E-state index is 0.469. The van der Waals surface area contributed by atoms with Crippen molar-refractivity contribution in [3.05, 3.63) is 71.8 Å². The molecule has 90 valence electrons. The number of hydrogen-bond acceptors (Lipinski definition) is 1. The second-order valence-electron chi connectivity index (χ2n) is 4.11. The summed E-state index contributed by atoms with van der Waals surface area (Å²) < 4.78 is 0. The third kappa shape index (κ3) is 3.01. The Kier molecular flexibility index (Phi) is 4.19. The molecule has 0 aliphatic heterocycles. The quantitative estimate of drug-likeness (QED) is 0.861. The van der Waals surface area contributed by atoms with Crippen molar-refractivity contribution in [1.29, 1.82) is 0 Å². The molecule has 1 nitrogen and oxygen atoms in total. The van der Waals surface area contributed by atoms with E-state index in [9.17, 15) is 5.11 Å². The first-order valence-corrected chi connectivity index (χ1v) is 6.48. The highest BCUT2D eigenvalue weighted by molar-refractivity contribution is 9.12. The molecule has 1 atom stereocenters. The summed E-state index contributed by atoms with van der Waals surface area (Å²) in [5.74, 6) is 2.85. The highest BCUT2D eigenvalue weighted by Gasteiger charge is 2.27. The zero-order chi connectivity index (χ0) is 12.8. The van der Waals surface area contributed by atoms with E-state index in [0.717, 1.165) is 11.1 Å². The molecule has 1 N–H and O–H groups in total. The van der Waals surface area contributed by atoms with Crippen LogP contribution in [0.2, 0.25) is 0 Å². The number of rotatable bonds is 3. The third-order valence-corrected chi connectivity index (χ3v) is 3.01. The van der Waals surface area contributed by atoms with Crippen LogP contribution in [0.3, 0.4) is 0 Å². The maximum absolute atomic E-state index is 10.7. The number of hydrogen-bond donors (Lipinski definition) is 1. The molecule has 0 spiro atoms. The molecule has 0 aliphatic rings. The summed E-state index contributed by atoms with van der Waals surface area (Å²) in [4.78, 5) is 2.64. The molecule has 0 bridgehead atoms. The second kappa shape index (κ2) is 5.86. The molecule has 2 rings (SSSR count). The minimum Gasteiger partial charge on any atom is -0.373 e. The number of benzene rings is 2. The summed E-state index contributed by atoms with van der Waals surface area (Å²) in [6.07, 6.45) is 0.469. The average Bonchev–Trinajstić information content (AvgIpc) is 2.41. The van der Waals surface area contributed by atoms with Crippen LogP contribution in [0.15, 0.2) is 60.7 Å². The topological polar surface area (TPSA) is 20.2 Å². The van der Waals surface area contributed by atoms with Gasteiger partial charge in [0.05, 0.1) is 0 Å². The maximum atomic E-state index is 10.7. The van der Waals surface area contributed by atoms with Crippen molar-refractivity contribution < 1.29 is 5.11 Å². The molecule has 2 aromatic rings. The first kappa shape index (κ1) is 12.9. The fourth-order valence-corrected chi connectivity index (χ4v) is 2.23. The highest BCUT2D eigenvalue weighted by atomic mass is 79.9. The summed E-state index contributed by atoms with van der Waals surface area (Å²) in [7, 11) is 0. The van der Waals surface area contributed by atoms with Gasteiger partial charge in [0.15, 0.2) is 5.60 Å². The van der Waals surface area contributed by atoms with Crippen LogP contribution >= 0.6 is 15.9 Å². The van der Waals surface area contributed by atoms with Crippen LogP contribution in [0.4, 0.5) is 0 Å². The molecule has 0 fully saturated rings. The van der Waals surface area contributed by atoms with Gasteiger partial charge in [-0.05, 0) is 16.0 Å². The minimum atomic E-state index is -1.16. The van der Waals surface area contributed by atoms with E-state index in [1.54, 1.807) is 0 Å². The molecular formula is C16H13BrO. The van der Waals surface area contributed by atoms with Gasteiger partial charge in [0.25, 0.3) is 0 Å². The Morgan fingerprint density at radius 2 is 1.50 bits per heavy atom. The lowest BCUT2D eigenvalue weighted by Crippen LogP contribution is -2.26. The van der Waals surface area contributed by atoms with Gasteiger partial charge in [0, 0.05) is 22.4 Å². The van der Waals surface area contributed by atoms with Gasteiger partial charge in [-0.2, -0.15) is 0 Å². The number of aliphatic hydroxyl groups is 1. The molecule has 0 radical (unpaired) electrons. The summed E-state index contributed by atoms with van der Waals surface area (Å²) >= 11 is 3.07. The monoisotopic (exact) mass is 300 g/mol. The highest BCUT2D eigenvalue weighted by Crippen LogP contribution is 2.25. The zero-order valence-corrected chi connectivity index (χ0v) is 11.4.